The number of guanidine groups is 1. The van der Waals surface area contributed by atoms with Crippen molar-refractivity contribution in [1.29, 1.82) is 0 Å². The summed E-state index contributed by atoms with van der Waals surface area (Å²) in [7, 11) is 0. The molecule has 2 N–H and O–H groups in total. The van der Waals surface area contributed by atoms with Crippen molar-refractivity contribution in [3.05, 3.63) is 40.2 Å². The number of thiazole rings is 1. The second-order valence-corrected chi connectivity index (χ2v) is 7.70. The van der Waals surface area contributed by atoms with Crippen molar-refractivity contribution in [2.75, 3.05) is 19.7 Å². The highest BCUT2D eigenvalue weighted by atomic mass is 127. The summed E-state index contributed by atoms with van der Waals surface area (Å²) in [6, 6.07) is 3.90. The molecule has 1 unspecified atom stereocenters. The van der Waals surface area contributed by atoms with Crippen LogP contribution in [0.5, 0.6) is 0 Å². The molecule has 3 heterocycles. The van der Waals surface area contributed by atoms with E-state index in [4.69, 9.17) is 14.1 Å². The first-order chi connectivity index (χ1) is 12.7. The van der Waals surface area contributed by atoms with Gasteiger partial charge in [-0.2, -0.15) is 0 Å². The number of furan rings is 1. The van der Waals surface area contributed by atoms with Gasteiger partial charge in [0.05, 0.1) is 24.6 Å². The molecule has 1 atom stereocenters. The van der Waals surface area contributed by atoms with E-state index >= 15 is 0 Å². The lowest BCUT2D eigenvalue weighted by Gasteiger charge is -2.15. The molecule has 8 heteroatoms. The molecule has 0 saturated carbocycles. The van der Waals surface area contributed by atoms with Crippen molar-refractivity contribution in [2.24, 2.45) is 4.99 Å². The molecule has 1 aliphatic heterocycles. The zero-order valence-electron chi connectivity index (χ0n) is 15.9. The first-order valence-electron chi connectivity index (χ1n) is 9.31. The first-order valence-corrected chi connectivity index (χ1v) is 10.2. The molecule has 1 aliphatic rings. The summed E-state index contributed by atoms with van der Waals surface area (Å²) in [5.74, 6) is 2.22. The molecule has 0 bridgehead atoms. The van der Waals surface area contributed by atoms with Crippen molar-refractivity contribution in [1.82, 2.24) is 15.6 Å². The summed E-state index contributed by atoms with van der Waals surface area (Å²) < 4.78 is 11.1. The van der Waals surface area contributed by atoms with Crippen LogP contribution in [-0.4, -0.2) is 36.7 Å². The molecule has 0 radical (unpaired) electrons. The maximum absolute atomic E-state index is 5.69. The van der Waals surface area contributed by atoms with Gasteiger partial charge in [-0.25, -0.2) is 9.98 Å². The van der Waals surface area contributed by atoms with Gasteiger partial charge in [-0.15, -0.1) is 35.3 Å². The Morgan fingerprint density at radius 2 is 2.30 bits per heavy atom. The maximum atomic E-state index is 5.69. The molecule has 2 aromatic heterocycles. The molecule has 3 rings (SSSR count). The number of aliphatic imine (C=N–C) groups is 1. The van der Waals surface area contributed by atoms with Crippen LogP contribution in [0, 0.1) is 0 Å². The highest BCUT2D eigenvalue weighted by Gasteiger charge is 2.15. The standard InChI is InChI=1S/C19H28N4O2S.HI/c1-14(2)17-13-26-18(23-17)12-22-19(21-11-16-6-4-10-25-16)20-8-7-15-5-3-9-24-15;/h3,5,9,13-14,16H,4,6-8,10-12H2,1-2H3,(H2,20,21,22);1H. The molecule has 6 nitrogen and oxygen atoms in total. The fourth-order valence-corrected chi connectivity index (χ4v) is 3.64. The van der Waals surface area contributed by atoms with Gasteiger partial charge in [-0.05, 0) is 30.9 Å². The Morgan fingerprint density at radius 1 is 1.41 bits per heavy atom. The Hall–Kier alpha value is -1.13. The second-order valence-electron chi connectivity index (χ2n) is 6.76. The number of aromatic nitrogens is 1. The number of hydrogen-bond acceptors (Lipinski definition) is 5. The Bertz CT molecular complexity index is 682. The molecule has 0 amide bonds. The molecule has 2 aromatic rings. The number of nitrogens with one attached hydrogen (secondary N) is 2. The molecule has 0 spiro atoms. The van der Waals surface area contributed by atoms with Crippen LogP contribution < -0.4 is 10.6 Å². The van der Waals surface area contributed by atoms with Crippen molar-refractivity contribution in [3.63, 3.8) is 0 Å². The molecule has 1 fully saturated rings. The van der Waals surface area contributed by atoms with Gasteiger partial charge in [0.2, 0.25) is 0 Å². The number of hydrogen-bond donors (Lipinski definition) is 2. The van der Waals surface area contributed by atoms with Crippen LogP contribution in [0.2, 0.25) is 0 Å². The zero-order chi connectivity index (χ0) is 18.2. The molecule has 1 saturated heterocycles. The summed E-state index contributed by atoms with van der Waals surface area (Å²) in [5, 5.41) is 9.95. The average Bonchev–Trinajstić information content (AvgIpc) is 3.39. The van der Waals surface area contributed by atoms with Crippen LogP contribution in [0.15, 0.2) is 33.2 Å². The van der Waals surface area contributed by atoms with Gasteiger partial charge in [0.25, 0.3) is 0 Å². The molecule has 0 aliphatic carbocycles. The molecule has 27 heavy (non-hydrogen) atoms. The van der Waals surface area contributed by atoms with E-state index in [1.807, 2.05) is 12.1 Å². The van der Waals surface area contributed by atoms with E-state index < -0.39 is 0 Å². The van der Waals surface area contributed by atoms with Crippen LogP contribution in [0.1, 0.15) is 49.1 Å². The zero-order valence-corrected chi connectivity index (χ0v) is 19.1. The highest BCUT2D eigenvalue weighted by molar-refractivity contribution is 14.0. The Kier molecular flexibility index (Phi) is 9.57. The van der Waals surface area contributed by atoms with Gasteiger partial charge in [0, 0.05) is 31.5 Å². The van der Waals surface area contributed by atoms with E-state index in [-0.39, 0.29) is 30.1 Å². The third-order valence-corrected chi connectivity index (χ3v) is 5.15. The van der Waals surface area contributed by atoms with Crippen LogP contribution in [-0.2, 0) is 17.7 Å². The van der Waals surface area contributed by atoms with Crippen LogP contribution in [0.25, 0.3) is 0 Å². The third kappa shape index (κ3) is 7.42. The van der Waals surface area contributed by atoms with E-state index in [2.05, 4.69) is 34.8 Å². The van der Waals surface area contributed by atoms with Crippen molar-refractivity contribution < 1.29 is 9.15 Å². The third-order valence-electron chi connectivity index (χ3n) is 4.30. The molecular weight excluding hydrogens is 475 g/mol. The summed E-state index contributed by atoms with van der Waals surface area (Å²) >= 11 is 1.67. The monoisotopic (exact) mass is 504 g/mol. The summed E-state index contributed by atoms with van der Waals surface area (Å²) in [6.07, 6.45) is 5.05. The average molecular weight is 504 g/mol. The second kappa shape index (κ2) is 11.7. The lowest BCUT2D eigenvalue weighted by Crippen LogP contribution is -2.41. The summed E-state index contributed by atoms with van der Waals surface area (Å²) in [6.45, 7) is 7.31. The SMILES string of the molecule is CC(C)c1csc(CN=C(NCCc2ccco2)NCC2CCCO2)n1.I. The van der Waals surface area contributed by atoms with Crippen LogP contribution in [0.4, 0.5) is 0 Å². The van der Waals surface area contributed by atoms with Gasteiger partial charge < -0.3 is 19.8 Å². The quantitative estimate of drug-likeness (QED) is 0.324. The number of halogens is 1. The Labute approximate surface area is 182 Å². The maximum Gasteiger partial charge on any atom is 0.191 e. The van der Waals surface area contributed by atoms with E-state index in [1.165, 1.54) is 0 Å². The lowest BCUT2D eigenvalue weighted by atomic mass is 10.2. The van der Waals surface area contributed by atoms with Crippen molar-refractivity contribution in [3.8, 4) is 0 Å². The van der Waals surface area contributed by atoms with Gasteiger partial charge in [-0.1, -0.05) is 13.8 Å². The Morgan fingerprint density at radius 3 is 2.96 bits per heavy atom. The summed E-state index contributed by atoms with van der Waals surface area (Å²) in [5.41, 5.74) is 1.14. The number of rotatable bonds is 8. The van der Waals surface area contributed by atoms with Gasteiger partial charge in [0.1, 0.15) is 10.8 Å². The molecule has 150 valence electrons. The fraction of sp³-hybridized carbons (Fsp3) is 0.579. The minimum Gasteiger partial charge on any atom is -0.469 e. The van der Waals surface area contributed by atoms with E-state index in [9.17, 15) is 0 Å². The predicted molar refractivity (Wildman–Crippen MR) is 120 cm³/mol. The van der Waals surface area contributed by atoms with E-state index in [1.54, 1.807) is 17.6 Å². The molecule has 0 aromatic carbocycles. The topological polar surface area (TPSA) is 71.7 Å². The minimum atomic E-state index is 0. The van der Waals surface area contributed by atoms with Crippen LogP contribution in [0.3, 0.4) is 0 Å². The largest absolute Gasteiger partial charge is 0.469 e. The van der Waals surface area contributed by atoms with Gasteiger partial charge >= 0.3 is 0 Å². The minimum absolute atomic E-state index is 0. The van der Waals surface area contributed by atoms with E-state index in [0.717, 1.165) is 61.4 Å². The Balaban J connectivity index is 0.00000261. The van der Waals surface area contributed by atoms with Crippen molar-refractivity contribution in [2.45, 2.75) is 51.7 Å². The predicted octanol–water partition coefficient (Wildman–Crippen LogP) is 3.93. The number of ether oxygens (including phenoxy) is 1. The normalized spacial score (nSPS) is 17.1. The smallest absolute Gasteiger partial charge is 0.191 e. The molecular formula is C19H29IN4O2S. The summed E-state index contributed by atoms with van der Waals surface area (Å²) in [4.78, 5) is 9.36. The van der Waals surface area contributed by atoms with E-state index in [0.29, 0.717) is 12.5 Å². The number of nitrogens with zero attached hydrogens (tertiary/aromatic N) is 2. The van der Waals surface area contributed by atoms with Crippen LogP contribution >= 0.6 is 35.3 Å². The lowest BCUT2D eigenvalue weighted by molar-refractivity contribution is 0.114. The van der Waals surface area contributed by atoms with Crippen molar-refractivity contribution >= 4 is 41.3 Å². The van der Waals surface area contributed by atoms with Gasteiger partial charge in [-0.3, -0.25) is 0 Å². The first kappa shape index (κ1) is 22.2. The fourth-order valence-electron chi connectivity index (χ4n) is 2.76. The highest BCUT2D eigenvalue weighted by Crippen LogP contribution is 2.18. The van der Waals surface area contributed by atoms with Gasteiger partial charge in [0.15, 0.2) is 5.96 Å².